The third-order valence-electron chi connectivity index (χ3n) is 3.13. The lowest BCUT2D eigenvalue weighted by atomic mass is 10.00. The molecule has 0 N–H and O–H groups in total. The zero-order valence-electron chi connectivity index (χ0n) is 11.1. The van der Waals surface area contributed by atoms with E-state index < -0.39 is 0 Å². The summed E-state index contributed by atoms with van der Waals surface area (Å²) in [6.07, 6.45) is 8.95. The topological polar surface area (TPSA) is 17.1 Å². The van der Waals surface area contributed by atoms with E-state index in [0.29, 0.717) is 12.3 Å². The molecule has 0 aliphatic carbocycles. The van der Waals surface area contributed by atoms with Gasteiger partial charge in [-0.15, -0.1) is 0 Å². The predicted octanol–water partition coefficient (Wildman–Crippen LogP) is 4.65. The number of rotatable bonds is 8. The van der Waals surface area contributed by atoms with E-state index in [4.69, 9.17) is 0 Å². The number of allylic oxidation sites excluding steroid dienone is 3. The molecule has 1 aromatic rings. The van der Waals surface area contributed by atoms with Gasteiger partial charge in [0.1, 0.15) is 6.29 Å². The fraction of sp³-hybridized carbons (Fsp3) is 0.353. The molecule has 1 heteroatoms. The smallest absolute Gasteiger partial charge is 0.120 e. The van der Waals surface area contributed by atoms with Crippen molar-refractivity contribution >= 4 is 11.9 Å². The summed E-state index contributed by atoms with van der Waals surface area (Å²) in [6, 6.07) is 10.3. The summed E-state index contributed by atoms with van der Waals surface area (Å²) in [5.41, 5.74) is 2.38. The number of aldehydes is 1. The fourth-order valence-electron chi connectivity index (χ4n) is 1.87. The SMILES string of the molecule is C=C(CC/C=C/C(CC)CC=O)c1ccccc1. The van der Waals surface area contributed by atoms with Crippen LogP contribution < -0.4 is 0 Å². The molecule has 0 saturated carbocycles. The Morgan fingerprint density at radius 2 is 2.06 bits per heavy atom. The monoisotopic (exact) mass is 242 g/mol. The summed E-state index contributed by atoms with van der Waals surface area (Å²) in [5.74, 6) is 0.396. The van der Waals surface area contributed by atoms with Crippen LogP contribution in [0.15, 0.2) is 49.1 Å². The molecular weight excluding hydrogens is 220 g/mol. The molecule has 0 radical (unpaired) electrons. The van der Waals surface area contributed by atoms with Crippen LogP contribution in [0, 0.1) is 5.92 Å². The Morgan fingerprint density at radius 1 is 1.33 bits per heavy atom. The molecule has 1 rings (SSSR count). The maximum absolute atomic E-state index is 10.5. The van der Waals surface area contributed by atoms with E-state index >= 15 is 0 Å². The lowest BCUT2D eigenvalue weighted by molar-refractivity contribution is -0.108. The van der Waals surface area contributed by atoms with Gasteiger partial charge in [-0.05, 0) is 36.3 Å². The van der Waals surface area contributed by atoms with Crippen molar-refractivity contribution in [2.75, 3.05) is 0 Å². The minimum absolute atomic E-state index is 0.396. The fourth-order valence-corrected chi connectivity index (χ4v) is 1.87. The molecular formula is C17H22O. The van der Waals surface area contributed by atoms with Crippen LogP contribution in [0.4, 0.5) is 0 Å². The average molecular weight is 242 g/mol. The van der Waals surface area contributed by atoms with Crippen LogP contribution >= 0.6 is 0 Å². The lowest BCUT2D eigenvalue weighted by Crippen LogP contribution is -1.94. The van der Waals surface area contributed by atoms with Crippen LogP contribution in [0.5, 0.6) is 0 Å². The van der Waals surface area contributed by atoms with Crippen LogP contribution in [-0.4, -0.2) is 6.29 Å². The maximum atomic E-state index is 10.5. The van der Waals surface area contributed by atoms with E-state index in [2.05, 4.69) is 37.8 Å². The average Bonchev–Trinajstić information content (AvgIpc) is 2.43. The highest BCUT2D eigenvalue weighted by Crippen LogP contribution is 2.18. The summed E-state index contributed by atoms with van der Waals surface area (Å²) in [7, 11) is 0. The second kappa shape index (κ2) is 8.46. The molecule has 0 aliphatic rings. The maximum Gasteiger partial charge on any atom is 0.120 e. The number of carbonyl (C=O) groups is 1. The summed E-state index contributed by atoms with van der Waals surface area (Å²) >= 11 is 0. The third kappa shape index (κ3) is 5.13. The molecule has 0 aliphatic heterocycles. The van der Waals surface area contributed by atoms with Gasteiger partial charge >= 0.3 is 0 Å². The zero-order valence-corrected chi connectivity index (χ0v) is 11.1. The first kappa shape index (κ1) is 14.4. The molecule has 0 fully saturated rings. The predicted molar refractivity (Wildman–Crippen MR) is 78.3 cm³/mol. The molecule has 0 aromatic heterocycles. The lowest BCUT2D eigenvalue weighted by Gasteiger charge is -2.05. The Hall–Kier alpha value is -1.63. The highest BCUT2D eigenvalue weighted by molar-refractivity contribution is 5.63. The Bertz CT molecular complexity index is 389. The van der Waals surface area contributed by atoms with Gasteiger partial charge in [0.25, 0.3) is 0 Å². The summed E-state index contributed by atoms with van der Waals surface area (Å²) in [5, 5.41) is 0. The summed E-state index contributed by atoms with van der Waals surface area (Å²) < 4.78 is 0. The molecule has 0 bridgehead atoms. The Balaban J connectivity index is 2.35. The summed E-state index contributed by atoms with van der Waals surface area (Å²) in [4.78, 5) is 10.5. The van der Waals surface area contributed by atoms with E-state index in [-0.39, 0.29) is 0 Å². The number of carbonyl (C=O) groups excluding carboxylic acids is 1. The van der Waals surface area contributed by atoms with Gasteiger partial charge in [0, 0.05) is 6.42 Å². The van der Waals surface area contributed by atoms with Gasteiger partial charge in [0.15, 0.2) is 0 Å². The standard InChI is InChI=1S/C17H22O/c1-3-16(13-14-18)10-8-7-9-15(2)17-11-5-4-6-12-17/h4-6,8,10-12,14,16H,2-3,7,9,13H2,1H3/b10-8+. The van der Waals surface area contributed by atoms with Crippen molar-refractivity contribution in [1.82, 2.24) is 0 Å². The van der Waals surface area contributed by atoms with E-state index in [0.717, 1.165) is 25.5 Å². The Kier molecular flexibility index (Phi) is 6.78. The highest BCUT2D eigenvalue weighted by Gasteiger charge is 2.00. The van der Waals surface area contributed by atoms with Gasteiger partial charge in [-0.3, -0.25) is 0 Å². The molecule has 1 unspecified atom stereocenters. The molecule has 18 heavy (non-hydrogen) atoms. The largest absolute Gasteiger partial charge is 0.303 e. The second-order valence-electron chi connectivity index (χ2n) is 4.51. The van der Waals surface area contributed by atoms with Crippen LogP contribution in [-0.2, 0) is 4.79 Å². The molecule has 0 heterocycles. The van der Waals surface area contributed by atoms with Crippen molar-refractivity contribution < 1.29 is 4.79 Å². The van der Waals surface area contributed by atoms with Gasteiger partial charge in [-0.2, -0.15) is 0 Å². The minimum atomic E-state index is 0.396. The minimum Gasteiger partial charge on any atom is -0.303 e. The molecule has 1 atom stereocenters. The Labute approximate surface area is 110 Å². The molecule has 0 amide bonds. The van der Waals surface area contributed by atoms with E-state index in [1.165, 1.54) is 11.1 Å². The Morgan fingerprint density at radius 3 is 2.67 bits per heavy atom. The number of hydrogen-bond acceptors (Lipinski definition) is 1. The quantitative estimate of drug-likeness (QED) is 0.479. The van der Waals surface area contributed by atoms with Gasteiger partial charge in [0.05, 0.1) is 0 Å². The molecule has 96 valence electrons. The van der Waals surface area contributed by atoms with E-state index in [9.17, 15) is 4.79 Å². The van der Waals surface area contributed by atoms with Gasteiger partial charge < -0.3 is 4.79 Å². The van der Waals surface area contributed by atoms with Gasteiger partial charge in [-0.1, -0.05) is 56.0 Å². The van der Waals surface area contributed by atoms with Crippen LogP contribution in [0.3, 0.4) is 0 Å². The third-order valence-corrected chi connectivity index (χ3v) is 3.13. The molecule has 0 spiro atoms. The first-order valence-electron chi connectivity index (χ1n) is 6.61. The molecule has 0 saturated heterocycles. The highest BCUT2D eigenvalue weighted by atomic mass is 16.1. The normalized spacial score (nSPS) is 12.5. The van der Waals surface area contributed by atoms with Crippen molar-refractivity contribution in [3.05, 3.63) is 54.6 Å². The first-order chi connectivity index (χ1) is 8.77. The van der Waals surface area contributed by atoms with Crippen molar-refractivity contribution in [2.24, 2.45) is 5.92 Å². The molecule has 1 aromatic carbocycles. The van der Waals surface area contributed by atoms with Crippen molar-refractivity contribution in [3.63, 3.8) is 0 Å². The number of hydrogen-bond donors (Lipinski definition) is 0. The second-order valence-corrected chi connectivity index (χ2v) is 4.51. The van der Waals surface area contributed by atoms with E-state index in [1.807, 2.05) is 18.2 Å². The van der Waals surface area contributed by atoms with Gasteiger partial charge in [-0.25, -0.2) is 0 Å². The van der Waals surface area contributed by atoms with Gasteiger partial charge in [0.2, 0.25) is 0 Å². The number of benzene rings is 1. The van der Waals surface area contributed by atoms with Crippen LogP contribution in [0.1, 0.15) is 38.2 Å². The van der Waals surface area contributed by atoms with Crippen molar-refractivity contribution in [2.45, 2.75) is 32.6 Å². The first-order valence-corrected chi connectivity index (χ1v) is 6.61. The van der Waals surface area contributed by atoms with Crippen LogP contribution in [0.2, 0.25) is 0 Å². The molecule has 1 nitrogen and oxygen atoms in total. The van der Waals surface area contributed by atoms with Crippen molar-refractivity contribution in [3.8, 4) is 0 Å². The van der Waals surface area contributed by atoms with Crippen molar-refractivity contribution in [1.29, 1.82) is 0 Å². The van der Waals surface area contributed by atoms with Crippen LogP contribution in [0.25, 0.3) is 5.57 Å². The zero-order chi connectivity index (χ0) is 13.2. The van der Waals surface area contributed by atoms with E-state index in [1.54, 1.807) is 0 Å². The summed E-state index contributed by atoms with van der Waals surface area (Å²) in [6.45, 7) is 6.22.